The van der Waals surface area contributed by atoms with Gasteiger partial charge in [0, 0.05) is 13.1 Å². The van der Waals surface area contributed by atoms with Crippen molar-refractivity contribution in [2.75, 3.05) is 6.54 Å². The molecule has 0 fully saturated rings. The molecule has 0 aliphatic heterocycles. The number of aryl methyl sites for hydroxylation is 1. The SMILES string of the molecule is CCc1ccccc1CNCC(O)CC(C)C. The van der Waals surface area contributed by atoms with Gasteiger partial charge in [0.25, 0.3) is 0 Å². The largest absolute Gasteiger partial charge is 0.392 e. The van der Waals surface area contributed by atoms with Crippen molar-refractivity contribution in [2.24, 2.45) is 5.92 Å². The molecular weight excluding hydrogens is 210 g/mol. The standard InChI is InChI=1S/C15H25NO/c1-4-13-7-5-6-8-14(13)10-16-11-15(17)9-12(2)3/h5-8,12,15-17H,4,9-11H2,1-3H3. The van der Waals surface area contributed by atoms with E-state index < -0.39 is 0 Å². The van der Waals surface area contributed by atoms with Crippen LogP contribution in [0.15, 0.2) is 24.3 Å². The molecule has 0 aromatic heterocycles. The lowest BCUT2D eigenvalue weighted by atomic mass is 10.0. The Balaban J connectivity index is 2.35. The molecule has 0 aliphatic rings. The average Bonchev–Trinajstić information content (AvgIpc) is 2.28. The lowest BCUT2D eigenvalue weighted by molar-refractivity contribution is 0.146. The van der Waals surface area contributed by atoms with Crippen LogP contribution >= 0.6 is 0 Å². The first-order valence-electron chi connectivity index (χ1n) is 6.59. The third-order valence-corrected chi connectivity index (χ3v) is 2.94. The number of rotatable bonds is 7. The van der Waals surface area contributed by atoms with Gasteiger partial charge in [0.15, 0.2) is 0 Å². The molecule has 0 saturated heterocycles. The van der Waals surface area contributed by atoms with Crippen LogP contribution in [0.2, 0.25) is 0 Å². The van der Waals surface area contributed by atoms with Crippen molar-refractivity contribution < 1.29 is 5.11 Å². The summed E-state index contributed by atoms with van der Waals surface area (Å²) < 4.78 is 0. The second-order valence-electron chi connectivity index (χ2n) is 5.04. The normalized spacial score (nSPS) is 13.0. The maximum absolute atomic E-state index is 9.76. The van der Waals surface area contributed by atoms with E-state index in [9.17, 15) is 5.11 Å². The summed E-state index contributed by atoms with van der Waals surface area (Å²) in [7, 11) is 0. The van der Waals surface area contributed by atoms with Gasteiger partial charge >= 0.3 is 0 Å². The van der Waals surface area contributed by atoms with Crippen molar-refractivity contribution in [2.45, 2.75) is 46.3 Å². The quantitative estimate of drug-likeness (QED) is 0.761. The second-order valence-corrected chi connectivity index (χ2v) is 5.04. The zero-order valence-corrected chi connectivity index (χ0v) is 11.2. The van der Waals surface area contributed by atoms with Gasteiger partial charge in [-0.05, 0) is 29.9 Å². The predicted molar refractivity (Wildman–Crippen MR) is 73.0 cm³/mol. The topological polar surface area (TPSA) is 32.3 Å². The predicted octanol–water partition coefficient (Wildman–Crippen LogP) is 2.75. The number of aliphatic hydroxyl groups excluding tert-OH is 1. The van der Waals surface area contributed by atoms with E-state index in [1.165, 1.54) is 11.1 Å². The summed E-state index contributed by atoms with van der Waals surface area (Å²) >= 11 is 0. The van der Waals surface area contributed by atoms with Crippen LogP contribution in [0.25, 0.3) is 0 Å². The Kier molecular flexibility index (Phi) is 6.23. The first-order chi connectivity index (χ1) is 8.13. The van der Waals surface area contributed by atoms with Crippen molar-refractivity contribution in [1.82, 2.24) is 5.32 Å². The zero-order valence-electron chi connectivity index (χ0n) is 11.2. The summed E-state index contributed by atoms with van der Waals surface area (Å²) in [6.07, 6.45) is 1.69. The third-order valence-electron chi connectivity index (χ3n) is 2.94. The fourth-order valence-corrected chi connectivity index (χ4v) is 2.08. The second kappa shape index (κ2) is 7.46. The highest BCUT2D eigenvalue weighted by Crippen LogP contribution is 2.09. The minimum atomic E-state index is -0.233. The van der Waals surface area contributed by atoms with E-state index in [4.69, 9.17) is 0 Å². The van der Waals surface area contributed by atoms with Gasteiger partial charge < -0.3 is 10.4 Å². The monoisotopic (exact) mass is 235 g/mol. The summed E-state index contributed by atoms with van der Waals surface area (Å²) in [6.45, 7) is 7.97. The number of hydrogen-bond donors (Lipinski definition) is 2. The van der Waals surface area contributed by atoms with Gasteiger partial charge in [0.2, 0.25) is 0 Å². The van der Waals surface area contributed by atoms with E-state index in [0.29, 0.717) is 12.5 Å². The summed E-state index contributed by atoms with van der Waals surface area (Å²) in [5.41, 5.74) is 2.73. The molecule has 2 N–H and O–H groups in total. The molecule has 1 rings (SSSR count). The molecule has 1 aromatic rings. The molecule has 1 aromatic carbocycles. The van der Waals surface area contributed by atoms with E-state index >= 15 is 0 Å². The van der Waals surface area contributed by atoms with E-state index in [1.54, 1.807) is 0 Å². The number of hydrogen-bond acceptors (Lipinski definition) is 2. The molecule has 17 heavy (non-hydrogen) atoms. The molecule has 0 aliphatic carbocycles. The fraction of sp³-hybridized carbons (Fsp3) is 0.600. The Hall–Kier alpha value is -0.860. The van der Waals surface area contributed by atoms with Crippen LogP contribution in [0.3, 0.4) is 0 Å². The maximum atomic E-state index is 9.76. The van der Waals surface area contributed by atoms with E-state index in [1.807, 2.05) is 0 Å². The van der Waals surface area contributed by atoms with Crippen LogP contribution in [0.5, 0.6) is 0 Å². The van der Waals surface area contributed by atoms with Gasteiger partial charge in [-0.3, -0.25) is 0 Å². The Morgan fingerprint density at radius 1 is 1.18 bits per heavy atom. The van der Waals surface area contributed by atoms with E-state index in [2.05, 4.69) is 50.4 Å². The van der Waals surface area contributed by atoms with E-state index in [-0.39, 0.29) is 6.10 Å². The van der Waals surface area contributed by atoms with Gasteiger partial charge in [-0.1, -0.05) is 45.0 Å². The summed E-state index contributed by atoms with van der Waals surface area (Å²) in [5, 5.41) is 13.1. The lowest BCUT2D eigenvalue weighted by Crippen LogP contribution is -2.27. The molecular formula is C15H25NO. The molecule has 0 heterocycles. The number of benzene rings is 1. The van der Waals surface area contributed by atoms with Crippen molar-refractivity contribution in [3.05, 3.63) is 35.4 Å². The van der Waals surface area contributed by atoms with E-state index in [0.717, 1.165) is 19.4 Å². The average molecular weight is 235 g/mol. The number of nitrogens with one attached hydrogen (secondary N) is 1. The lowest BCUT2D eigenvalue weighted by Gasteiger charge is -2.15. The molecule has 1 atom stereocenters. The van der Waals surface area contributed by atoms with Gasteiger partial charge in [-0.25, -0.2) is 0 Å². The smallest absolute Gasteiger partial charge is 0.0667 e. The fourth-order valence-electron chi connectivity index (χ4n) is 2.08. The summed E-state index contributed by atoms with van der Waals surface area (Å²) in [5.74, 6) is 0.551. The van der Waals surface area contributed by atoms with Crippen LogP contribution in [0.1, 0.15) is 38.3 Å². The molecule has 1 unspecified atom stereocenters. The first kappa shape index (κ1) is 14.2. The highest BCUT2D eigenvalue weighted by Gasteiger charge is 2.06. The Labute approximate surface area is 105 Å². The molecule has 0 spiro atoms. The Morgan fingerprint density at radius 3 is 2.41 bits per heavy atom. The van der Waals surface area contributed by atoms with Crippen LogP contribution < -0.4 is 5.32 Å². The molecule has 0 bridgehead atoms. The van der Waals surface area contributed by atoms with Gasteiger partial charge in [0.05, 0.1) is 6.10 Å². The summed E-state index contributed by atoms with van der Waals surface area (Å²) in [6, 6.07) is 8.47. The highest BCUT2D eigenvalue weighted by molar-refractivity contribution is 5.26. The van der Waals surface area contributed by atoms with Crippen molar-refractivity contribution in [3.8, 4) is 0 Å². The Bertz CT molecular complexity index is 322. The summed E-state index contributed by atoms with van der Waals surface area (Å²) in [4.78, 5) is 0. The van der Waals surface area contributed by atoms with Gasteiger partial charge in [0.1, 0.15) is 0 Å². The Morgan fingerprint density at radius 2 is 1.82 bits per heavy atom. The van der Waals surface area contributed by atoms with Crippen LogP contribution in [-0.4, -0.2) is 17.8 Å². The van der Waals surface area contributed by atoms with Crippen LogP contribution in [0, 0.1) is 5.92 Å². The van der Waals surface area contributed by atoms with Gasteiger partial charge in [-0.15, -0.1) is 0 Å². The molecule has 0 radical (unpaired) electrons. The first-order valence-corrected chi connectivity index (χ1v) is 6.59. The maximum Gasteiger partial charge on any atom is 0.0667 e. The number of aliphatic hydroxyl groups is 1. The molecule has 0 amide bonds. The molecule has 2 heteroatoms. The van der Waals surface area contributed by atoms with Crippen molar-refractivity contribution >= 4 is 0 Å². The van der Waals surface area contributed by atoms with Crippen LogP contribution in [0.4, 0.5) is 0 Å². The third kappa shape index (κ3) is 5.33. The zero-order chi connectivity index (χ0) is 12.7. The minimum Gasteiger partial charge on any atom is -0.392 e. The highest BCUT2D eigenvalue weighted by atomic mass is 16.3. The van der Waals surface area contributed by atoms with Crippen molar-refractivity contribution in [3.63, 3.8) is 0 Å². The van der Waals surface area contributed by atoms with Gasteiger partial charge in [-0.2, -0.15) is 0 Å². The van der Waals surface area contributed by atoms with Crippen LogP contribution in [-0.2, 0) is 13.0 Å². The molecule has 0 saturated carbocycles. The molecule has 96 valence electrons. The minimum absolute atomic E-state index is 0.233. The molecule has 2 nitrogen and oxygen atoms in total. The van der Waals surface area contributed by atoms with Crippen molar-refractivity contribution in [1.29, 1.82) is 0 Å².